The van der Waals surface area contributed by atoms with E-state index in [2.05, 4.69) is 14.9 Å². The number of ether oxygens (including phenoxy) is 1. The highest BCUT2D eigenvalue weighted by atomic mass is 16.6. The lowest BCUT2D eigenvalue weighted by Crippen LogP contribution is -2.13. The maximum Gasteiger partial charge on any atom is 0.364 e. The van der Waals surface area contributed by atoms with Gasteiger partial charge in [-0.05, 0) is 24.2 Å². The monoisotopic (exact) mass is 171 g/mol. The number of esters is 1. The average molecular weight is 171 g/mol. The topological polar surface area (TPSA) is 91.2 Å². The Hall–Kier alpha value is -1.59. The maximum absolute atomic E-state index is 11.1. The van der Waals surface area contributed by atoms with Gasteiger partial charge in [-0.2, -0.15) is 0 Å². The third-order valence-electron chi connectivity index (χ3n) is 1.05. The Balaban J connectivity index is 2.72. The molecule has 0 spiro atoms. The van der Waals surface area contributed by atoms with Crippen LogP contribution >= 0.6 is 0 Å². The number of rotatable bonds is 2. The van der Waals surface area contributed by atoms with E-state index >= 15 is 0 Å². The first-order valence-electron chi connectivity index (χ1n) is 3.40. The Morgan fingerprint density at radius 1 is 1.58 bits per heavy atom. The fourth-order valence-electron chi connectivity index (χ4n) is 0.607. The van der Waals surface area contributed by atoms with Crippen LogP contribution in [0.5, 0.6) is 0 Å². The van der Waals surface area contributed by atoms with Crippen molar-refractivity contribution in [1.82, 2.24) is 10.3 Å². The number of nitrogen functional groups attached to an aromatic ring is 1. The average Bonchev–Trinajstić information content (AvgIpc) is 2.33. The minimum Gasteiger partial charge on any atom is -0.458 e. The summed E-state index contributed by atoms with van der Waals surface area (Å²) in [6.45, 7) is 3.45. The molecule has 1 rings (SSSR count). The number of carbonyl (C=O) groups is 1. The van der Waals surface area contributed by atoms with Crippen molar-refractivity contribution in [2.75, 3.05) is 5.73 Å². The lowest BCUT2D eigenvalue weighted by Gasteiger charge is -2.04. The van der Waals surface area contributed by atoms with E-state index in [4.69, 9.17) is 10.5 Å². The summed E-state index contributed by atoms with van der Waals surface area (Å²) in [6, 6.07) is 0. The maximum atomic E-state index is 11.1. The lowest BCUT2D eigenvalue weighted by molar-refractivity contribution is 0.0366. The molecule has 1 heterocycles. The summed E-state index contributed by atoms with van der Waals surface area (Å²) in [5, 5.41) is 6.52. The van der Waals surface area contributed by atoms with Crippen molar-refractivity contribution < 1.29 is 14.2 Å². The van der Waals surface area contributed by atoms with Crippen LogP contribution in [0.1, 0.15) is 24.3 Å². The first kappa shape index (κ1) is 8.51. The van der Waals surface area contributed by atoms with Crippen LogP contribution in [0.3, 0.4) is 0 Å². The van der Waals surface area contributed by atoms with E-state index in [1.165, 1.54) is 0 Å². The minimum absolute atomic E-state index is 0.0550. The molecule has 0 fully saturated rings. The van der Waals surface area contributed by atoms with Crippen molar-refractivity contribution in [1.29, 1.82) is 0 Å². The van der Waals surface area contributed by atoms with Crippen LogP contribution in [-0.4, -0.2) is 22.4 Å². The third kappa shape index (κ3) is 1.71. The lowest BCUT2D eigenvalue weighted by atomic mass is 10.4. The molecule has 0 aromatic carbocycles. The Morgan fingerprint density at radius 2 is 2.25 bits per heavy atom. The first-order chi connectivity index (χ1) is 5.61. The number of hydrogen-bond acceptors (Lipinski definition) is 6. The molecule has 1 aromatic heterocycles. The molecular weight excluding hydrogens is 162 g/mol. The van der Waals surface area contributed by atoms with Crippen molar-refractivity contribution >= 4 is 11.8 Å². The van der Waals surface area contributed by atoms with Crippen LogP contribution in [0.2, 0.25) is 0 Å². The van der Waals surface area contributed by atoms with E-state index < -0.39 is 5.97 Å². The van der Waals surface area contributed by atoms with Crippen molar-refractivity contribution in [2.24, 2.45) is 0 Å². The van der Waals surface area contributed by atoms with Crippen LogP contribution < -0.4 is 5.73 Å². The molecule has 0 amide bonds. The smallest absolute Gasteiger partial charge is 0.364 e. The van der Waals surface area contributed by atoms with Gasteiger partial charge in [-0.1, -0.05) is 0 Å². The molecule has 12 heavy (non-hydrogen) atoms. The zero-order chi connectivity index (χ0) is 9.14. The standard InChI is InChI=1S/C6H9N3O3/c1-3(2)11-6(10)4-5(7)9-12-8-4/h3H,1-2H3,(H2,7,9). The second-order valence-electron chi connectivity index (χ2n) is 2.45. The van der Waals surface area contributed by atoms with E-state index in [0.717, 1.165) is 0 Å². The fourth-order valence-corrected chi connectivity index (χ4v) is 0.607. The summed E-state index contributed by atoms with van der Waals surface area (Å²) in [5.74, 6) is -0.676. The van der Waals surface area contributed by atoms with E-state index in [1.807, 2.05) is 0 Å². The number of nitrogens with zero attached hydrogens (tertiary/aromatic N) is 2. The summed E-state index contributed by atoms with van der Waals surface area (Å²) in [7, 11) is 0. The molecule has 0 saturated heterocycles. The van der Waals surface area contributed by atoms with Crippen LogP contribution in [0.25, 0.3) is 0 Å². The molecular formula is C6H9N3O3. The van der Waals surface area contributed by atoms with Gasteiger partial charge in [0.25, 0.3) is 0 Å². The van der Waals surface area contributed by atoms with E-state index in [1.54, 1.807) is 13.8 Å². The van der Waals surface area contributed by atoms with E-state index in [9.17, 15) is 4.79 Å². The molecule has 0 saturated carbocycles. The molecule has 0 aliphatic heterocycles. The van der Waals surface area contributed by atoms with Gasteiger partial charge in [-0.3, -0.25) is 0 Å². The van der Waals surface area contributed by atoms with Crippen molar-refractivity contribution in [3.8, 4) is 0 Å². The molecule has 0 radical (unpaired) electrons. The van der Waals surface area contributed by atoms with E-state index in [0.29, 0.717) is 0 Å². The second kappa shape index (κ2) is 3.21. The Kier molecular flexibility index (Phi) is 2.27. The molecule has 0 aliphatic rings. The van der Waals surface area contributed by atoms with Gasteiger partial charge >= 0.3 is 5.97 Å². The Morgan fingerprint density at radius 3 is 2.67 bits per heavy atom. The predicted molar refractivity (Wildman–Crippen MR) is 39.3 cm³/mol. The van der Waals surface area contributed by atoms with Crippen molar-refractivity contribution in [3.05, 3.63) is 5.69 Å². The summed E-state index contributed by atoms with van der Waals surface area (Å²) >= 11 is 0. The molecule has 0 bridgehead atoms. The molecule has 0 unspecified atom stereocenters. The highest BCUT2D eigenvalue weighted by Gasteiger charge is 2.18. The molecule has 66 valence electrons. The van der Waals surface area contributed by atoms with Gasteiger partial charge in [0.15, 0.2) is 0 Å². The Bertz CT molecular complexity index is 281. The predicted octanol–water partition coefficient (Wildman–Crippen LogP) is 0.217. The summed E-state index contributed by atoms with van der Waals surface area (Å²) < 4.78 is 9.02. The molecule has 0 atom stereocenters. The van der Waals surface area contributed by atoms with Crippen LogP contribution in [0, 0.1) is 0 Å². The quantitative estimate of drug-likeness (QED) is 0.640. The zero-order valence-corrected chi connectivity index (χ0v) is 6.77. The van der Waals surface area contributed by atoms with Gasteiger partial charge in [-0.25, -0.2) is 9.42 Å². The van der Waals surface area contributed by atoms with Gasteiger partial charge < -0.3 is 10.5 Å². The summed E-state index contributed by atoms with van der Waals surface area (Å²) in [5.41, 5.74) is 5.17. The van der Waals surface area contributed by atoms with Crippen LogP contribution in [0.4, 0.5) is 5.82 Å². The van der Waals surface area contributed by atoms with Crippen molar-refractivity contribution in [2.45, 2.75) is 20.0 Å². The number of hydrogen-bond donors (Lipinski definition) is 1. The van der Waals surface area contributed by atoms with Gasteiger partial charge in [0.05, 0.1) is 6.10 Å². The number of aromatic nitrogens is 2. The molecule has 1 aromatic rings. The van der Waals surface area contributed by atoms with Gasteiger partial charge in [0.2, 0.25) is 11.5 Å². The van der Waals surface area contributed by atoms with Crippen molar-refractivity contribution in [3.63, 3.8) is 0 Å². The summed E-state index contributed by atoms with van der Waals surface area (Å²) in [6.07, 6.45) is -0.214. The van der Waals surface area contributed by atoms with Crippen LogP contribution in [-0.2, 0) is 4.74 Å². The number of nitrogens with two attached hydrogens (primary N) is 1. The molecule has 0 aliphatic carbocycles. The highest BCUT2D eigenvalue weighted by molar-refractivity contribution is 5.91. The Labute approximate surface area is 68.6 Å². The largest absolute Gasteiger partial charge is 0.458 e. The van der Waals surface area contributed by atoms with Gasteiger partial charge in [0, 0.05) is 0 Å². The molecule has 2 N–H and O–H groups in total. The summed E-state index contributed by atoms with van der Waals surface area (Å²) in [4.78, 5) is 11.1. The number of carbonyl (C=O) groups excluding carboxylic acids is 1. The number of anilines is 1. The van der Waals surface area contributed by atoms with Crippen LogP contribution in [0.15, 0.2) is 4.63 Å². The first-order valence-corrected chi connectivity index (χ1v) is 3.40. The molecule has 6 heteroatoms. The van der Waals surface area contributed by atoms with Gasteiger partial charge in [0.1, 0.15) is 0 Å². The SMILES string of the molecule is CC(C)OC(=O)c1nonc1N. The second-order valence-corrected chi connectivity index (χ2v) is 2.45. The molecule has 6 nitrogen and oxygen atoms in total. The third-order valence-corrected chi connectivity index (χ3v) is 1.05. The zero-order valence-electron chi connectivity index (χ0n) is 6.77. The highest BCUT2D eigenvalue weighted by Crippen LogP contribution is 2.06. The van der Waals surface area contributed by atoms with Gasteiger partial charge in [-0.15, -0.1) is 0 Å². The minimum atomic E-state index is -0.622. The normalized spacial score (nSPS) is 10.2. The fraction of sp³-hybridized carbons (Fsp3) is 0.500. The van der Waals surface area contributed by atoms with E-state index in [-0.39, 0.29) is 17.6 Å².